The minimum Gasteiger partial charge on any atom is -0.481 e. The Morgan fingerprint density at radius 2 is 1.77 bits per heavy atom. The van der Waals surface area contributed by atoms with E-state index in [-0.39, 0.29) is 0 Å². The van der Waals surface area contributed by atoms with Gasteiger partial charge in [-0.25, -0.2) is 9.13 Å². The highest BCUT2D eigenvalue weighted by Gasteiger charge is 2.25. The molecule has 3 aromatic rings. The average Bonchev–Trinajstić information content (AvgIpc) is 3.00. The van der Waals surface area contributed by atoms with E-state index in [9.17, 15) is 0 Å². The maximum Gasteiger partial charge on any atom is 0.300 e. The lowest BCUT2D eigenvalue weighted by atomic mass is 10.1. The van der Waals surface area contributed by atoms with Gasteiger partial charge >= 0.3 is 0 Å². The van der Waals surface area contributed by atoms with Crippen LogP contribution in [0.2, 0.25) is 10.0 Å². The topological polar surface area (TPSA) is 46.1 Å². The summed E-state index contributed by atoms with van der Waals surface area (Å²) in [5.41, 5.74) is 3.68. The third-order valence-corrected chi connectivity index (χ3v) is 5.76. The standard InChI is InChI=1S/C22H23Cl2N2.C2H4O2/c23-19-12-11-18(20(24)14-19)15-25-16-21(17-8-4-3-5-9-17)26-13-7-2-1-6-10-22(25)26;1-2(3)4/h3-5,8-9,11-12,14,16H,1-2,6-7,10,13,15H2;1H3,(H,3,4)/q+1;. The van der Waals surface area contributed by atoms with Crippen LogP contribution in [-0.2, 0) is 24.3 Å². The molecule has 0 radical (unpaired) electrons. The van der Waals surface area contributed by atoms with E-state index in [0.29, 0.717) is 5.02 Å². The van der Waals surface area contributed by atoms with Crippen molar-refractivity contribution in [2.75, 3.05) is 0 Å². The van der Waals surface area contributed by atoms with Gasteiger partial charge in [0.1, 0.15) is 12.7 Å². The first-order valence-corrected chi connectivity index (χ1v) is 11.0. The number of nitrogens with zero attached hydrogens (tertiary/aromatic N) is 2. The van der Waals surface area contributed by atoms with Crippen LogP contribution in [0, 0.1) is 0 Å². The summed E-state index contributed by atoms with van der Waals surface area (Å²) < 4.78 is 4.89. The first-order valence-electron chi connectivity index (χ1n) is 10.3. The van der Waals surface area contributed by atoms with Gasteiger partial charge in [0.25, 0.3) is 11.8 Å². The molecule has 0 saturated carbocycles. The maximum absolute atomic E-state index is 9.00. The highest BCUT2D eigenvalue weighted by Crippen LogP contribution is 2.25. The fourth-order valence-electron chi connectivity index (χ4n) is 3.83. The summed E-state index contributed by atoms with van der Waals surface area (Å²) in [6.07, 6.45) is 8.51. The third kappa shape index (κ3) is 5.87. The number of carboxylic acids is 1. The lowest BCUT2D eigenvalue weighted by Crippen LogP contribution is -2.38. The van der Waals surface area contributed by atoms with Crippen molar-refractivity contribution in [3.8, 4) is 11.3 Å². The van der Waals surface area contributed by atoms with Crippen LogP contribution in [0.4, 0.5) is 0 Å². The molecular formula is C24H27Cl2N2O2+. The van der Waals surface area contributed by atoms with Crippen LogP contribution < -0.4 is 4.57 Å². The molecule has 30 heavy (non-hydrogen) atoms. The van der Waals surface area contributed by atoms with Gasteiger partial charge in [-0.3, -0.25) is 4.79 Å². The molecular weight excluding hydrogens is 419 g/mol. The van der Waals surface area contributed by atoms with Crippen LogP contribution in [0.25, 0.3) is 11.3 Å². The van der Waals surface area contributed by atoms with Gasteiger partial charge in [0.15, 0.2) is 5.69 Å². The van der Waals surface area contributed by atoms with Gasteiger partial charge in [-0.2, -0.15) is 0 Å². The number of fused-ring (bicyclic) bond motifs is 1. The van der Waals surface area contributed by atoms with Gasteiger partial charge in [0, 0.05) is 34.5 Å². The Bertz CT molecular complexity index is 996. The number of imidazole rings is 1. The van der Waals surface area contributed by atoms with Crippen molar-refractivity contribution in [2.45, 2.75) is 52.1 Å². The van der Waals surface area contributed by atoms with Crippen LogP contribution in [0.5, 0.6) is 0 Å². The number of carboxylic acid groups (broad SMARTS) is 1. The van der Waals surface area contributed by atoms with E-state index < -0.39 is 5.97 Å². The monoisotopic (exact) mass is 445 g/mol. The normalized spacial score (nSPS) is 13.4. The second-order valence-electron chi connectivity index (χ2n) is 7.50. The van der Waals surface area contributed by atoms with Crippen LogP contribution in [-0.4, -0.2) is 15.6 Å². The van der Waals surface area contributed by atoms with Crippen LogP contribution in [0.1, 0.15) is 44.0 Å². The predicted octanol–water partition coefficient (Wildman–Crippen LogP) is 6.01. The van der Waals surface area contributed by atoms with E-state index in [0.717, 1.165) is 37.0 Å². The van der Waals surface area contributed by atoms with Crippen molar-refractivity contribution in [1.82, 2.24) is 4.57 Å². The van der Waals surface area contributed by atoms with Gasteiger partial charge in [-0.1, -0.05) is 66.0 Å². The van der Waals surface area contributed by atoms with Crippen LogP contribution in [0.15, 0.2) is 54.7 Å². The zero-order valence-electron chi connectivity index (χ0n) is 17.2. The zero-order valence-corrected chi connectivity index (χ0v) is 18.7. The lowest BCUT2D eigenvalue weighted by molar-refractivity contribution is -0.695. The Hall–Kier alpha value is -2.30. The number of aliphatic carboxylic acids is 1. The number of aromatic nitrogens is 2. The van der Waals surface area contributed by atoms with Gasteiger partial charge < -0.3 is 5.11 Å². The minimum absolute atomic E-state index is 0.681. The Labute approximate surface area is 187 Å². The molecule has 4 rings (SSSR count). The number of halogens is 2. The van der Waals surface area contributed by atoms with Crippen molar-refractivity contribution >= 4 is 29.2 Å². The van der Waals surface area contributed by atoms with Gasteiger partial charge in [-0.15, -0.1) is 0 Å². The predicted molar refractivity (Wildman–Crippen MR) is 121 cm³/mol. The minimum atomic E-state index is -0.833. The number of carbonyl (C=O) groups is 1. The molecule has 0 spiro atoms. The van der Waals surface area contributed by atoms with Gasteiger partial charge in [-0.05, 0) is 31.4 Å². The highest BCUT2D eigenvalue weighted by molar-refractivity contribution is 6.35. The van der Waals surface area contributed by atoms with E-state index >= 15 is 0 Å². The molecule has 6 heteroatoms. The van der Waals surface area contributed by atoms with Crippen molar-refractivity contribution in [3.63, 3.8) is 0 Å². The number of rotatable bonds is 3. The van der Waals surface area contributed by atoms with Crippen molar-refractivity contribution in [3.05, 3.63) is 76.2 Å². The van der Waals surface area contributed by atoms with E-state index in [1.807, 2.05) is 18.2 Å². The summed E-state index contributed by atoms with van der Waals surface area (Å²) in [4.78, 5) is 9.00. The molecule has 1 aromatic heterocycles. The smallest absolute Gasteiger partial charge is 0.300 e. The highest BCUT2D eigenvalue weighted by atomic mass is 35.5. The van der Waals surface area contributed by atoms with E-state index in [4.69, 9.17) is 33.1 Å². The van der Waals surface area contributed by atoms with E-state index in [2.05, 4.69) is 45.7 Å². The molecule has 0 saturated heterocycles. The molecule has 1 aliphatic rings. The molecule has 0 amide bonds. The Morgan fingerprint density at radius 3 is 2.47 bits per heavy atom. The molecule has 0 bridgehead atoms. The number of hydrogen-bond donors (Lipinski definition) is 1. The van der Waals surface area contributed by atoms with Crippen molar-refractivity contribution in [2.24, 2.45) is 0 Å². The molecule has 1 aliphatic heterocycles. The Morgan fingerprint density at radius 1 is 1.07 bits per heavy atom. The molecule has 1 N–H and O–H groups in total. The summed E-state index contributed by atoms with van der Waals surface area (Å²) in [5, 5.41) is 8.83. The SMILES string of the molecule is CC(=O)O.Clc1ccc(C[n+]2cc(-c3ccccc3)n3c2CCCCCC3)c(Cl)c1. The quantitative estimate of drug-likeness (QED) is 0.502. The summed E-state index contributed by atoms with van der Waals surface area (Å²) >= 11 is 12.5. The molecule has 2 aromatic carbocycles. The average molecular weight is 446 g/mol. The van der Waals surface area contributed by atoms with Gasteiger partial charge in [0.2, 0.25) is 0 Å². The molecule has 158 valence electrons. The van der Waals surface area contributed by atoms with Crippen LogP contribution in [0.3, 0.4) is 0 Å². The number of benzene rings is 2. The summed E-state index contributed by atoms with van der Waals surface area (Å²) in [7, 11) is 0. The molecule has 0 unspecified atom stereocenters. The second-order valence-corrected chi connectivity index (χ2v) is 8.34. The van der Waals surface area contributed by atoms with E-state index in [1.54, 1.807) is 0 Å². The second kappa shape index (κ2) is 10.6. The Balaban J connectivity index is 0.000000589. The third-order valence-electron chi connectivity index (χ3n) is 5.17. The Kier molecular flexibility index (Phi) is 7.94. The molecule has 4 nitrogen and oxygen atoms in total. The first-order chi connectivity index (χ1) is 14.5. The molecule has 0 aliphatic carbocycles. The summed E-state index contributed by atoms with van der Waals surface area (Å²) in [6.45, 7) is 2.94. The molecule has 0 atom stereocenters. The number of hydrogen-bond acceptors (Lipinski definition) is 1. The van der Waals surface area contributed by atoms with E-state index in [1.165, 1.54) is 42.8 Å². The first kappa shape index (κ1) is 22.4. The summed E-state index contributed by atoms with van der Waals surface area (Å²) in [5.74, 6) is 0.564. The largest absolute Gasteiger partial charge is 0.481 e. The molecule has 0 fully saturated rings. The summed E-state index contributed by atoms with van der Waals surface area (Å²) in [6, 6.07) is 16.5. The molecule has 2 heterocycles. The lowest BCUT2D eigenvalue weighted by Gasteiger charge is -2.11. The zero-order chi connectivity index (χ0) is 21.5. The van der Waals surface area contributed by atoms with Crippen molar-refractivity contribution in [1.29, 1.82) is 0 Å². The van der Waals surface area contributed by atoms with Crippen LogP contribution >= 0.6 is 23.2 Å². The fourth-order valence-corrected chi connectivity index (χ4v) is 4.30. The van der Waals surface area contributed by atoms with Crippen molar-refractivity contribution < 1.29 is 14.5 Å². The fraction of sp³-hybridized carbons (Fsp3) is 0.333. The van der Waals surface area contributed by atoms with Gasteiger partial charge in [0.05, 0.1) is 6.54 Å². The maximum atomic E-state index is 9.00.